The monoisotopic (exact) mass is 412 g/mol. The van der Waals surface area contributed by atoms with Crippen molar-refractivity contribution in [3.8, 4) is 0 Å². The molecule has 2 heterocycles. The second kappa shape index (κ2) is 10.8. The SMILES string of the molecule is C=C(O)C(Cc1cnn(CCc2ccc3c(n2)CCCC3)c1)NC(=O)OCCCC. The molecule has 30 heavy (non-hydrogen) atoms. The van der Waals surface area contributed by atoms with Gasteiger partial charge < -0.3 is 15.2 Å². The predicted molar refractivity (Wildman–Crippen MR) is 115 cm³/mol. The van der Waals surface area contributed by atoms with Gasteiger partial charge >= 0.3 is 6.09 Å². The highest BCUT2D eigenvalue weighted by Crippen LogP contribution is 2.19. The summed E-state index contributed by atoms with van der Waals surface area (Å²) in [6, 6.07) is 3.72. The third-order valence-corrected chi connectivity index (χ3v) is 5.38. The maximum atomic E-state index is 11.9. The van der Waals surface area contributed by atoms with Crippen molar-refractivity contribution in [2.24, 2.45) is 0 Å². The van der Waals surface area contributed by atoms with Gasteiger partial charge in [-0.1, -0.05) is 26.0 Å². The second-order valence-electron chi connectivity index (χ2n) is 7.86. The summed E-state index contributed by atoms with van der Waals surface area (Å²) >= 11 is 0. The number of amides is 1. The van der Waals surface area contributed by atoms with E-state index in [-0.39, 0.29) is 5.76 Å². The third kappa shape index (κ3) is 6.34. The lowest BCUT2D eigenvalue weighted by atomic mass is 9.96. The van der Waals surface area contributed by atoms with Crippen LogP contribution in [0.4, 0.5) is 4.79 Å². The van der Waals surface area contributed by atoms with E-state index in [4.69, 9.17) is 9.72 Å². The highest BCUT2D eigenvalue weighted by Gasteiger charge is 2.18. The van der Waals surface area contributed by atoms with Gasteiger partial charge in [0.2, 0.25) is 0 Å². The summed E-state index contributed by atoms with van der Waals surface area (Å²) in [7, 11) is 0. The average Bonchev–Trinajstić information content (AvgIpc) is 3.19. The molecule has 0 aliphatic heterocycles. The maximum Gasteiger partial charge on any atom is 0.407 e. The Morgan fingerprint density at radius 1 is 1.37 bits per heavy atom. The van der Waals surface area contributed by atoms with Gasteiger partial charge in [-0.25, -0.2) is 4.79 Å². The van der Waals surface area contributed by atoms with E-state index in [9.17, 15) is 9.90 Å². The number of hydrogen-bond donors (Lipinski definition) is 2. The number of unbranched alkanes of at least 4 members (excludes halogenated alkanes) is 1. The van der Waals surface area contributed by atoms with Gasteiger partial charge in [0, 0.05) is 37.0 Å². The predicted octanol–water partition coefficient (Wildman–Crippen LogP) is 3.91. The number of carbonyl (C=O) groups excluding carboxylic acids is 1. The van der Waals surface area contributed by atoms with Crippen LogP contribution in [-0.4, -0.2) is 38.6 Å². The van der Waals surface area contributed by atoms with Crippen LogP contribution < -0.4 is 5.32 Å². The van der Waals surface area contributed by atoms with E-state index in [1.165, 1.54) is 24.1 Å². The number of hydrogen-bond acceptors (Lipinski definition) is 5. The second-order valence-corrected chi connectivity index (χ2v) is 7.86. The molecule has 0 spiro atoms. The molecule has 1 amide bonds. The van der Waals surface area contributed by atoms with Gasteiger partial charge in [0.15, 0.2) is 0 Å². The van der Waals surface area contributed by atoms with Gasteiger partial charge in [-0.15, -0.1) is 0 Å². The summed E-state index contributed by atoms with van der Waals surface area (Å²) in [5.74, 6) is -0.103. The molecule has 2 aromatic rings. The molecule has 0 radical (unpaired) electrons. The molecule has 7 heteroatoms. The lowest BCUT2D eigenvalue weighted by molar-refractivity contribution is 0.139. The maximum absolute atomic E-state index is 11.9. The fourth-order valence-electron chi connectivity index (χ4n) is 3.61. The zero-order chi connectivity index (χ0) is 21.3. The lowest BCUT2D eigenvalue weighted by Gasteiger charge is -2.16. The number of aliphatic hydroxyl groups is 1. The smallest absolute Gasteiger partial charge is 0.407 e. The van der Waals surface area contributed by atoms with Crippen molar-refractivity contribution >= 4 is 6.09 Å². The Hall–Kier alpha value is -2.83. The number of nitrogens with zero attached hydrogens (tertiary/aromatic N) is 3. The highest BCUT2D eigenvalue weighted by atomic mass is 16.5. The summed E-state index contributed by atoms with van der Waals surface area (Å²) in [6.07, 6.45) is 10.8. The Bertz CT molecular complexity index is 862. The number of aryl methyl sites for hydroxylation is 4. The Morgan fingerprint density at radius 2 is 2.20 bits per heavy atom. The largest absolute Gasteiger partial charge is 0.511 e. The normalized spacial score (nSPS) is 14.0. The van der Waals surface area contributed by atoms with Gasteiger partial charge in [-0.2, -0.15) is 5.10 Å². The summed E-state index contributed by atoms with van der Waals surface area (Å²) in [5, 5.41) is 16.9. The molecular formula is C23H32N4O3. The number of ether oxygens (including phenoxy) is 1. The summed E-state index contributed by atoms with van der Waals surface area (Å²) in [6.45, 7) is 6.68. The molecule has 162 valence electrons. The number of pyridine rings is 1. The number of alkyl carbamates (subject to hydrolysis) is 1. The van der Waals surface area contributed by atoms with Crippen molar-refractivity contribution in [3.63, 3.8) is 0 Å². The van der Waals surface area contributed by atoms with Gasteiger partial charge in [0.25, 0.3) is 0 Å². The Kier molecular flexibility index (Phi) is 7.88. The molecular weight excluding hydrogens is 380 g/mol. The van der Waals surface area contributed by atoms with Crippen LogP contribution in [0.5, 0.6) is 0 Å². The van der Waals surface area contributed by atoms with Crippen LogP contribution in [0.3, 0.4) is 0 Å². The van der Waals surface area contributed by atoms with Gasteiger partial charge in [0.1, 0.15) is 5.76 Å². The van der Waals surface area contributed by atoms with Gasteiger partial charge in [0.05, 0.1) is 18.8 Å². The molecule has 0 saturated heterocycles. The minimum atomic E-state index is -0.612. The first kappa shape index (κ1) is 21.9. The number of nitrogens with one attached hydrogen (secondary N) is 1. The van der Waals surface area contributed by atoms with Crippen LogP contribution >= 0.6 is 0 Å². The van der Waals surface area contributed by atoms with Crippen molar-refractivity contribution < 1.29 is 14.6 Å². The highest BCUT2D eigenvalue weighted by molar-refractivity contribution is 5.68. The zero-order valence-corrected chi connectivity index (χ0v) is 17.8. The zero-order valence-electron chi connectivity index (χ0n) is 17.8. The first-order valence-electron chi connectivity index (χ1n) is 10.8. The van der Waals surface area contributed by atoms with E-state index in [2.05, 4.69) is 29.1 Å². The van der Waals surface area contributed by atoms with E-state index >= 15 is 0 Å². The topological polar surface area (TPSA) is 89.3 Å². The molecule has 3 rings (SSSR count). The van der Waals surface area contributed by atoms with Crippen LogP contribution in [0.1, 0.15) is 55.1 Å². The first-order chi connectivity index (χ1) is 14.5. The van der Waals surface area contributed by atoms with Crippen LogP contribution in [-0.2, 0) is 37.0 Å². The summed E-state index contributed by atoms with van der Waals surface area (Å²) in [5.41, 5.74) is 4.64. The minimum Gasteiger partial charge on any atom is -0.511 e. The molecule has 0 saturated carbocycles. The van der Waals surface area contributed by atoms with E-state index in [1.54, 1.807) is 6.20 Å². The van der Waals surface area contributed by atoms with Crippen molar-refractivity contribution in [3.05, 3.63) is 59.4 Å². The Labute approximate surface area is 178 Å². The van der Waals surface area contributed by atoms with Crippen LogP contribution in [0.2, 0.25) is 0 Å². The number of rotatable bonds is 10. The molecule has 1 aliphatic rings. The fourth-order valence-corrected chi connectivity index (χ4v) is 3.61. The van der Waals surface area contributed by atoms with Crippen molar-refractivity contribution in [2.45, 2.75) is 70.9 Å². The molecule has 0 aromatic carbocycles. The molecule has 2 N–H and O–H groups in total. The third-order valence-electron chi connectivity index (χ3n) is 5.38. The van der Waals surface area contributed by atoms with Gasteiger partial charge in [-0.3, -0.25) is 9.67 Å². The minimum absolute atomic E-state index is 0.103. The number of aliphatic hydroxyl groups excluding tert-OH is 1. The molecule has 1 aliphatic carbocycles. The van der Waals surface area contributed by atoms with Crippen LogP contribution in [0.15, 0.2) is 36.9 Å². The van der Waals surface area contributed by atoms with Crippen molar-refractivity contribution in [1.82, 2.24) is 20.1 Å². The van der Waals surface area contributed by atoms with Crippen molar-refractivity contribution in [2.75, 3.05) is 6.61 Å². The standard InChI is InChI=1S/C23H32N4O3/c1-3-4-13-30-23(29)26-22(17(2)28)14-18-15-24-27(16-18)12-11-20-10-9-19-7-5-6-8-21(19)25-20/h9-10,15-16,22,28H,2-8,11-14H2,1H3,(H,26,29). The molecule has 1 unspecified atom stereocenters. The lowest BCUT2D eigenvalue weighted by Crippen LogP contribution is -2.38. The van der Waals surface area contributed by atoms with E-state index in [0.717, 1.165) is 49.9 Å². The molecule has 2 aromatic heterocycles. The van der Waals surface area contributed by atoms with E-state index in [1.807, 2.05) is 17.8 Å². The van der Waals surface area contributed by atoms with Gasteiger partial charge in [-0.05, 0) is 49.3 Å². The number of fused-ring (bicyclic) bond motifs is 1. The van der Waals surface area contributed by atoms with Crippen LogP contribution in [0, 0.1) is 0 Å². The summed E-state index contributed by atoms with van der Waals surface area (Å²) in [4.78, 5) is 16.7. The molecule has 0 bridgehead atoms. The first-order valence-corrected chi connectivity index (χ1v) is 10.8. The Balaban J connectivity index is 1.52. The quantitative estimate of drug-likeness (QED) is 0.456. The number of aromatic nitrogens is 3. The fraction of sp³-hybridized carbons (Fsp3) is 0.522. The molecule has 0 fully saturated rings. The molecule has 1 atom stereocenters. The van der Waals surface area contributed by atoms with E-state index < -0.39 is 12.1 Å². The number of carbonyl (C=O) groups is 1. The van der Waals surface area contributed by atoms with Crippen LogP contribution in [0.25, 0.3) is 0 Å². The molecule has 7 nitrogen and oxygen atoms in total. The van der Waals surface area contributed by atoms with Crippen molar-refractivity contribution in [1.29, 1.82) is 0 Å². The summed E-state index contributed by atoms with van der Waals surface area (Å²) < 4.78 is 6.97. The van der Waals surface area contributed by atoms with E-state index in [0.29, 0.717) is 13.0 Å². The Morgan fingerprint density at radius 3 is 3.00 bits per heavy atom. The average molecular weight is 413 g/mol.